The van der Waals surface area contributed by atoms with Crippen LogP contribution in [0.3, 0.4) is 0 Å². The molecule has 0 radical (unpaired) electrons. The number of hydrogen-bond donors (Lipinski definition) is 1. The SMILES string of the molecule is COc1ccc(C(C)NC(=O)CN(C)S(=O)(=O)c2c(C)cc(C)cc2C)cc1. The zero-order chi connectivity index (χ0) is 21.1. The molecule has 1 amide bonds. The van der Waals surface area contributed by atoms with Crippen LogP contribution in [-0.4, -0.2) is 39.3 Å². The summed E-state index contributed by atoms with van der Waals surface area (Å²) in [6.07, 6.45) is 0. The van der Waals surface area contributed by atoms with Crippen molar-refractivity contribution in [2.24, 2.45) is 0 Å². The third kappa shape index (κ3) is 4.91. The second kappa shape index (κ2) is 8.75. The van der Waals surface area contributed by atoms with Crippen LogP contribution < -0.4 is 10.1 Å². The van der Waals surface area contributed by atoms with E-state index in [9.17, 15) is 13.2 Å². The molecular weight excluding hydrogens is 376 g/mol. The number of amides is 1. The molecule has 0 spiro atoms. The van der Waals surface area contributed by atoms with Gasteiger partial charge in [0.25, 0.3) is 0 Å². The van der Waals surface area contributed by atoms with Crippen LogP contribution in [0.15, 0.2) is 41.3 Å². The van der Waals surface area contributed by atoms with Crippen molar-refractivity contribution in [2.75, 3.05) is 20.7 Å². The van der Waals surface area contributed by atoms with E-state index in [2.05, 4.69) is 5.32 Å². The first kappa shape index (κ1) is 21.9. The molecule has 28 heavy (non-hydrogen) atoms. The van der Waals surface area contributed by atoms with Gasteiger partial charge in [-0.15, -0.1) is 0 Å². The van der Waals surface area contributed by atoms with Gasteiger partial charge in [0.15, 0.2) is 0 Å². The number of nitrogens with one attached hydrogen (secondary N) is 1. The first-order valence-corrected chi connectivity index (χ1v) is 10.5. The second-order valence-electron chi connectivity index (χ2n) is 7.05. The van der Waals surface area contributed by atoms with Gasteiger partial charge in [-0.1, -0.05) is 29.8 Å². The van der Waals surface area contributed by atoms with Crippen molar-refractivity contribution in [2.45, 2.75) is 38.6 Å². The molecule has 0 aliphatic heterocycles. The molecule has 0 saturated carbocycles. The van der Waals surface area contributed by atoms with Gasteiger partial charge in [0.05, 0.1) is 24.6 Å². The van der Waals surface area contributed by atoms with Gasteiger partial charge in [0.1, 0.15) is 5.75 Å². The fraction of sp³-hybridized carbons (Fsp3) is 0.381. The van der Waals surface area contributed by atoms with Gasteiger partial charge in [-0.05, 0) is 56.5 Å². The van der Waals surface area contributed by atoms with Gasteiger partial charge in [-0.25, -0.2) is 8.42 Å². The molecule has 0 saturated heterocycles. The second-order valence-corrected chi connectivity index (χ2v) is 9.03. The number of benzene rings is 2. The lowest BCUT2D eigenvalue weighted by Crippen LogP contribution is -2.39. The smallest absolute Gasteiger partial charge is 0.243 e. The van der Waals surface area contributed by atoms with Gasteiger partial charge in [0, 0.05) is 7.05 Å². The predicted molar refractivity (Wildman–Crippen MR) is 110 cm³/mol. The van der Waals surface area contributed by atoms with E-state index in [1.807, 2.05) is 50.2 Å². The Kier molecular flexibility index (Phi) is 6.85. The van der Waals surface area contributed by atoms with E-state index < -0.39 is 10.0 Å². The third-order valence-corrected chi connectivity index (χ3v) is 6.74. The molecule has 1 N–H and O–H groups in total. The number of sulfonamides is 1. The first-order chi connectivity index (χ1) is 13.1. The van der Waals surface area contributed by atoms with Crippen molar-refractivity contribution >= 4 is 15.9 Å². The molecule has 1 unspecified atom stereocenters. The lowest BCUT2D eigenvalue weighted by Gasteiger charge is -2.21. The molecule has 0 aromatic heterocycles. The monoisotopic (exact) mass is 404 g/mol. The van der Waals surface area contributed by atoms with Gasteiger partial charge in [-0.2, -0.15) is 4.31 Å². The molecule has 7 heteroatoms. The van der Waals surface area contributed by atoms with E-state index in [1.54, 1.807) is 21.0 Å². The zero-order valence-corrected chi connectivity index (χ0v) is 18.1. The van der Waals surface area contributed by atoms with Crippen LogP contribution in [-0.2, 0) is 14.8 Å². The van der Waals surface area contributed by atoms with Gasteiger partial charge in [0.2, 0.25) is 15.9 Å². The Morgan fingerprint density at radius 2 is 1.64 bits per heavy atom. The lowest BCUT2D eigenvalue weighted by atomic mass is 10.1. The van der Waals surface area contributed by atoms with Crippen molar-refractivity contribution in [3.63, 3.8) is 0 Å². The molecular formula is C21H28N2O4S. The van der Waals surface area contributed by atoms with Crippen LogP contribution in [0.4, 0.5) is 0 Å². The van der Waals surface area contributed by atoms with Crippen LogP contribution in [0.25, 0.3) is 0 Å². The number of likely N-dealkylation sites (N-methyl/N-ethyl adjacent to an activating group) is 1. The highest BCUT2D eigenvalue weighted by Gasteiger charge is 2.27. The van der Waals surface area contributed by atoms with Gasteiger partial charge in [-0.3, -0.25) is 4.79 Å². The summed E-state index contributed by atoms with van der Waals surface area (Å²) in [4.78, 5) is 12.7. The number of ether oxygens (including phenoxy) is 1. The Balaban J connectivity index is 2.10. The van der Waals surface area contributed by atoms with E-state index in [0.717, 1.165) is 21.2 Å². The molecule has 0 aliphatic carbocycles. The Labute approximate surface area is 167 Å². The zero-order valence-electron chi connectivity index (χ0n) is 17.2. The van der Waals surface area contributed by atoms with Gasteiger partial charge >= 0.3 is 0 Å². The summed E-state index contributed by atoms with van der Waals surface area (Å²) < 4.78 is 32.2. The normalized spacial score (nSPS) is 12.7. The van der Waals surface area contributed by atoms with Crippen molar-refractivity contribution in [3.8, 4) is 5.75 Å². The molecule has 2 aromatic rings. The van der Waals surface area contributed by atoms with E-state index in [4.69, 9.17) is 4.74 Å². The number of rotatable bonds is 7. The minimum atomic E-state index is -3.77. The highest BCUT2D eigenvalue weighted by atomic mass is 32.2. The summed E-state index contributed by atoms with van der Waals surface area (Å²) in [7, 11) is -0.752. The number of aryl methyl sites for hydroxylation is 3. The molecule has 0 aliphatic rings. The number of carbonyl (C=O) groups excluding carboxylic acids is 1. The fourth-order valence-electron chi connectivity index (χ4n) is 3.28. The average molecular weight is 405 g/mol. The maximum atomic E-state index is 13.0. The Morgan fingerprint density at radius 1 is 1.11 bits per heavy atom. The summed E-state index contributed by atoms with van der Waals surface area (Å²) in [5.41, 5.74) is 3.26. The number of nitrogens with zero attached hydrogens (tertiary/aromatic N) is 1. The topological polar surface area (TPSA) is 75.7 Å². The molecule has 2 aromatic carbocycles. The number of carbonyl (C=O) groups is 1. The summed E-state index contributed by atoms with van der Waals surface area (Å²) in [6.45, 7) is 7.06. The Bertz CT molecular complexity index is 930. The van der Waals surface area contributed by atoms with Gasteiger partial charge < -0.3 is 10.1 Å². The van der Waals surface area contributed by atoms with Crippen molar-refractivity contribution in [1.82, 2.24) is 9.62 Å². The van der Waals surface area contributed by atoms with Crippen molar-refractivity contribution < 1.29 is 17.9 Å². The van der Waals surface area contributed by atoms with Crippen LogP contribution in [0.1, 0.15) is 35.2 Å². The molecule has 152 valence electrons. The minimum absolute atomic E-state index is 0.252. The summed E-state index contributed by atoms with van der Waals surface area (Å²) in [5.74, 6) is 0.369. The van der Waals surface area contributed by atoms with Crippen LogP contribution in [0, 0.1) is 20.8 Å². The fourth-order valence-corrected chi connectivity index (χ4v) is 4.81. The quantitative estimate of drug-likeness (QED) is 0.769. The highest BCUT2D eigenvalue weighted by molar-refractivity contribution is 7.89. The Hall–Kier alpha value is -2.38. The largest absolute Gasteiger partial charge is 0.497 e. The van der Waals surface area contributed by atoms with E-state index in [1.165, 1.54) is 7.05 Å². The number of methoxy groups -OCH3 is 1. The van der Waals surface area contributed by atoms with E-state index in [0.29, 0.717) is 11.1 Å². The molecule has 2 rings (SSSR count). The summed E-state index contributed by atoms with van der Waals surface area (Å²) in [5, 5.41) is 2.84. The van der Waals surface area contributed by atoms with Crippen LogP contribution >= 0.6 is 0 Å². The van der Waals surface area contributed by atoms with E-state index >= 15 is 0 Å². The maximum absolute atomic E-state index is 13.0. The molecule has 0 bridgehead atoms. The van der Waals surface area contributed by atoms with E-state index in [-0.39, 0.29) is 23.4 Å². The standard InChI is InChI=1S/C21H28N2O4S/c1-14-11-15(2)21(16(3)12-14)28(25,26)23(5)13-20(24)22-17(4)18-7-9-19(27-6)10-8-18/h7-12,17H,13H2,1-6H3,(H,22,24). The van der Waals surface area contributed by atoms with Crippen molar-refractivity contribution in [3.05, 3.63) is 58.7 Å². The minimum Gasteiger partial charge on any atom is -0.497 e. The molecule has 1 atom stereocenters. The maximum Gasteiger partial charge on any atom is 0.243 e. The predicted octanol–water partition coefficient (Wildman–Crippen LogP) is 3.12. The Morgan fingerprint density at radius 3 is 2.14 bits per heavy atom. The first-order valence-electron chi connectivity index (χ1n) is 9.03. The van der Waals surface area contributed by atoms with Crippen molar-refractivity contribution in [1.29, 1.82) is 0 Å². The highest BCUT2D eigenvalue weighted by Crippen LogP contribution is 2.24. The van der Waals surface area contributed by atoms with Crippen LogP contribution in [0.5, 0.6) is 5.75 Å². The molecule has 6 nitrogen and oxygen atoms in total. The third-order valence-electron chi connectivity index (χ3n) is 4.63. The number of hydrogen-bond acceptors (Lipinski definition) is 4. The summed E-state index contributed by atoms with van der Waals surface area (Å²) in [6, 6.07) is 10.8. The molecule has 0 heterocycles. The lowest BCUT2D eigenvalue weighted by molar-refractivity contribution is -0.121. The average Bonchev–Trinajstić information content (AvgIpc) is 2.60. The summed E-state index contributed by atoms with van der Waals surface area (Å²) >= 11 is 0. The van der Waals surface area contributed by atoms with Crippen LogP contribution in [0.2, 0.25) is 0 Å². The molecule has 0 fully saturated rings.